The number of hydrogen-bond acceptors (Lipinski definition) is 4. The summed E-state index contributed by atoms with van der Waals surface area (Å²) in [6.45, 7) is 8.16. The molecule has 0 spiro atoms. The van der Waals surface area contributed by atoms with Crippen molar-refractivity contribution in [2.45, 2.75) is 52.9 Å². The Morgan fingerprint density at radius 3 is 2.42 bits per heavy atom. The van der Waals surface area contributed by atoms with Gasteiger partial charge in [0.1, 0.15) is 0 Å². The van der Waals surface area contributed by atoms with Gasteiger partial charge in [-0.3, -0.25) is 20.4 Å². The van der Waals surface area contributed by atoms with Crippen LogP contribution in [-0.4, -0.2) is 26.8 Å². The van der Waals surface area contributed by atoms with Gasteiger partial charge in [-0.25, -0.2) is 4.68 Å². The first-order chi connectivity index (χ1) is 14.9. The van der Waals surface area contributed by atoms with E-state index in [2.05, 4.69) is 41.9 Å². The van der Waals surface area contributed by atoms with E-state index in [9.17, 15) is 9.59 Å². The summed E-state index contributed by atoms with van der Waals surface area (Å²) >= 11 is 0. The van der Waals surface area contributed by atoms with Gasteiger partial charge in [0.05, 0.1) is 17.6 Å². The SMILES string of the molecule is CCCCc1cn(-c2ccc(C(=O)NNC(=O)c3cc(C(C)C)ccc3C)cc2)nn1. The van der Waals surface area contributed by atoms with Gasteiger partial charge >= 0.3 is 0 Å². The number of hydrazine groups is 1. The lowest BCUT2D eigenvalue weighted by molar-refractivity contribution is 0.0846. The van der Waals surface area contributed by atoms with E-state index in [1.165, 1.54) is 0 Å². The Labute approximate surface area is 182 Å². The molecule has 0 saturated heterocycles. The van der Waals surface area contributed by atoms with Crippen LogP contribution in [-0.2, 0) is 6.42 Å². The van der Waals surface area contributed by atoms with Crippen LogP contribution in [0.5, 0.6) is 0 Å². The molecule has 2 amide bonds. The summed E-state index contributed by atoms with van der Waals surface area (Å²) in [5.74, 6) is -0.417. The van der Waals surface area contributed by atoms with Gasteiger partial charge in [0.25, 0.3) is 11.8 Å². The molecule has 0 atom stereocenters. The molecule has 0 radical (unpaired) electrons. The molecule has 7 heteroatoms. The predicted octanol–water partition coefficient (Wildman–Crippen LogP) is 4.12. The van der Waals surface area contributed by atoms with Gasteiger partial charge in [-0.1, -0.05) is 44.5 Å². The predicted molar refractivity (Wildman–Crippen MR) is 120 cm³/mol. The van der Waals surface area contributed by atoms with Gasteiger partial charge in [0, 0.05) is 11.1 Å². The summed E-state index contributed by atoms with van der Waals surface area (Å²) in [4.78, 5) is 25.0. The molecule has 7 nitrogen and oxygen atoms in total. The lowest BCUT2D eigenvalue weighted by Gasteiger charge is -2.12. The maximum absolute atomic E-state index is 12.5. The second kappa shape index (κ2) is 10.0. The lowest BCUT2D eigenvalue weighted by Crippen LogP contribution is -2.41. The minimum Gasteiger partial charge on any atom is -0.267 e. The highest BCUT2D eigenvalue weighted by Gasteiger charge is 2.13. The molecular weight excluding hydrogens is 390 g/mol. The van der Waals surface area contributed by atoms with E-state index in [4.69, 9.17) is 0 Å². The van der Waals surface area contributed by atoms with E-state index >= 15 is 0 Å². The van der Waals surface area contributed by atoms with Crippen LogP contribution in [0.1, 0.15) is 77.1 Å². The third-order valence-corrected chi connectivity index (χ3v) is 5.18. The van der Waals surface area contributed by atoms with Crippen LogP contribution in [0.2, 0.25) is 0 Å². The highest BCUT2D eigenvalue weighted by atomic mass is 16.2. The van der Waals surface area contributed by atoms with Crippen molar-refractivity contribution in [3.05, 3.63) is 76.6 Å². The summed E-state index contributed by atoms with van der Waals surface area (Å²) < 4.78 is 1.69. The second-order valence-corrected chi connectivity index (χ2v) is 7.94. The number of carbonyl (C=O) groups excluding carboxylic acids is 2. The topological polar surface area (TPSA) is 88.9 Å². The first kappa shape index (κ1) is 22.2. The molecule has 0 unspecified atom stereocenters. The van der Waals surface area contributed by atoms with Crippen LogP contribution in [0.25, 0.3) is 5.69 Å². The monoisotopic (exact) mass is 419 g/mol. The molecule has 0 saturated carbocycles. The minimum atomic E-state index is -0.389. The summed E-state index contributed by atoms with van der Waals surface area (Å²) in [7, 11) is 0. The first-order valence-corrected chi connectivity index (χ1v) is 10.6. The van der Waals surface area contributed by atoms with Crippen LogP contribution >= 0.6 is 0 Å². The second-order valence-electron chi connectivity index (χ2n) is 7.94. The van der Waals surface area contributed by atoms with Gasteiger partial charge in [0.2, 0.25) is 0 Å². The van der Waals surface area contributed by atoms with E-state index in [1.54, 1.807) is 28.9 Å². The molecule has 0 aliphatic carbocycles. The van der Waals surface area contributed by atoms with E-state index in [0.717, 1.165) is 41.8 Å². The Balaban J connectivity index is 1.61. The summed E-state index contributed by atoms with van der Waals surface area (Å²) in [6, 6.07) is 12.8. The van der Waals surface area contributed by atoms with E-state index in [-0.39, 0.29) is 11.8 Å². The van der Waals surface area contributed by atoms with E-state index in [0.29, 0.717) is 17.0 Å². The number of aromatic nitrogens is 3. The quantitative estimate of drug-likeness (QED) is 0.564. The molecule has 162 valence electrons. The fourth-order valence-electron chi connectivity index (χ4n) is 3.16. The highest BCUT2D eigenvalue weighted by molar-refractivity contribution is 5.99. The molecule has 2 aromatic carbocycles. The third-order valence-electron chi connectivity index (χ3n) is 5.18. The minimum absolute atomic E-state index is 0.313. The van der Waals surface area contributed by atoms with Crippen molar-refractivity contribution in [1.29, 1.82) is 0 Å². The standard InChI is InChI=1S/C24H29N5O2/c1-5-6-7-20-15-29(28-25-20)21-12-10-18(11-13-21)23(30)26-27-24(31)22-14-19(16(2)3)9-8-17(22)4/h8-16H,5-7H2,1-4H3,(H,26,30)(H,27,31). The van der Waals surface area contributed by atoms with Crippen LogP contribution in [0.3, 0.4) is 0 Å². The molecule has 0 aliphatic rings. The molecule has 1 aromatic heterocycles. The molecule has 1 heterocycles. The average Bonchev–Trinajstić information content (AvgIpc) is 3.25. The van der Waals surface area contributed by atoms with Crippen molar-refractivity contribution in [3.63, 3.8) is 0 Å². The molecule has 0 fully saturated rings. The van der Waals surface area contributed by atoms with Crippen LogP contribution < -0.4 is 10.9 Å². The summed E-state index contributed by atoms with van der Waals surface area (Å²) in [5, 5.41) is 8.32. The van der Waals surface area contributed by atoms with Gasteiger partial charge < -0.3 is 0 Å². The van der Waals surface area contributed by atoms with Crippen molar-refractivity contribution in [3.8, 4) is 5.69 Å². The van der Waals surface area contributed by atoms with Crippen molar-refractivity contribution in [1.82, 2.24) is 25.8 Å². The van der Waals surface area contributed by atoms with Gasteiger partial charge in [-0.05, 0) is 67.1 Å². The molecule has 3 rings (SSSR count). The molecule has 0 aliphatic heterocycles. The summed E-state index contributed by atoms with van der Waals surface area (Å²) in [6.07, 6.45) is 4.98. The van der Waals surface area contributed by atoms with Crippen molar-refractivity contribution in [2.75, 3.05) is 0 Å². The fraction of sp³-hybridized carbons (Fsp3) is 0.333. The van der Waals surface area contributed by atoms with Crippen molar-refractivity contribution in [2.24, 2.45) is 0 Å². The van der Waals surface area contributed by atoms with Crippen molar-refractivity contribution >= 4 is 11.8 Å². The molecule has 0 bridgehead atoms. The Morgan fingerprint density at radius 1 is 1.03 bits per heavy atom. The molecule has 2 N–H and O–H groups in total. The fourth-order valence-corrected chi connectivity index (χ4v) is 3.16. The number of unbranched alkanes of at least 4 members (excludes halogenated alkanes) is 1. The third kappa shape index (κ3) is 5.57. The van der Waals surface area contributed by atoms with E-state index < -0.39 is 0 Å². The number of carbonyl (C=O) groups is 2. The largest absolute Gasteiger partial charge is 0.269 e. The normalized spacial score (nSPS) is 10.9. The number of rotatable bonds is 7. The van der Waals surface area contributed by atoms with Gasteiger partial charge in [-0.15, -0.1) is 5.10 Å². The smallest absolute Gasteiger partial charge is 0.267 e. The maximum Gasteiger partial charge on any atom is 0.269 e. The number of nitrogens with one attached hydrogen (secondary N) is 2. The zero-order valence-corrected chi connectivity index (χ0v) is 18.5. The highest BCUT2D eigenvalue weighted by Crippen LogP contribution is 2.18. The van der Waals surface area contributed by atoms with Crippen LogP contribution in [0.15, 0.2) is 48.7 Å². The molecule has 3 aromatic rings. The van der Waals surface area contributed by atoms with Gasteiger partial charge in [0.15, 0.2) is 0 Å². The zero-order valence-electron chi connectivity index (χ0n) is 18.5. The van der Waals surface area contributed by atoms with E-state index in [1.807, 2.05) is 31.3 Å². The Morgan fingerprint density at radius 2 is 1.74 bits per heavy atom. The summed E-state index contributed by atoms with van der Waals surface area (Å²) in [5.41, 5.74) is 9.67. The van der Waals surface area contributed by atoms with Crippen LogP contribution in [0.4, 0.5) is 0 Å². The molecule has 31 heavy (non-hydrogen) atoms. The first-order valence-electron chi connectivity index (χ1n) is 10.6. The Bertz CT molecular complexity index is 1050. The molecular formula is C24H29N5O2. The number of amides is 2. The Hall–Kier alpha value is -3.48. The maximum atomic E-state index is 12.5. The van der Waals surface area contributed by atoms with Crippen LogP contribution in [0, 0.1) is 6.92 Å². The lowest BCUT2D eigenvalue weighted by atomic mass is 9.97. The Kier molecular flexibility index (Phi) is 7.18. The van der Waals surface area contributed by atoms with Crippen molar-refractivity contribution < 1.29 is 9.59 Å². The zero-order chi connectivity index (χ0) is 22.4. The number of hydrogen-bond donors (Lipinski definition) is 2. The number of benzene rings is 2. The number of aryl methyl sites for hydroxylation is 2. The van der Waals surface area contributed by atoms with Gasteiger partial charge in [-0.2, -0.15) is 0 Å². The number of nitrogens with zero attached hydrogens (tertiary/aromatic N) is 3. The average molecular weight is 420 g/mol.